The van der Waals surface area contributed by atoms with Crippen LogP contribution in [0.25, 0.3) is 0 Å². The molecule has 0 aromatic carbocycles. The van der Waals surface area contributed by atoms with E-state index in [1.807, 2.05) is 41.5 Å². The summed E-state index contributed by atoms with van der Waals surface area (Å²) in [6, 6.07) is -1.35. The first-order valence-electron chi connectivity index (χ1n) is 25.4. The number of rotatable bonds is 9. The molecule has 0 bridgehead atoms. The Balaban J connectivity index is 1.14. The number of ketones is 2. The Hall–Kier alpha value is -2.84. The van der Waals surface area contributed by atoms with Gasteiger partial charge in [-0.25, -0.2) is 0 Å². The predicted octanol–water partition coefficient (Wildman–Crippen LogP) is 4.93. The molecule has 68 heavy (non-hydrogen) atoms. The van der Waals surface area contributed by atoms with E-state index in [1.54, 1.807) is 0 Å². The number of nitrogens with one attached hydrogen (secondary N) is 2. The van der Waals surface area contributed by atoms with Crippen molar-refractivity contribution in [1.82, 2.24) is 10.6 Å². The van der Waals surface area contributed by atoms with E-state index in [4.69, 9.17) is 0 Å². The Morgan fingerprint density at radius 1 is 0.544 bits per heavy atom. The molecule has 8 rings (SSSR count). The topological polar surface area (TPSA) is 288 Å². The quantitative estimate of drug-likeness (QED) is 0.108. The number of carbonyl (C=O) groups excluding carboxylic acids is 2. The molecule has 0 radical (unpaired) electrons. The lowest BCUT2D eigenvalue weighted by Crippen LogP contribution is -2.59. The third-order valence-electron chi connectivity index (χ3n) is 18.7. The fraction of sp³-hybridized carbons (Fsp3) is 0.800. The van der Waals surface area contributed by atoms with Crippen LogP contribution < -0.4 is 10.6 Å². The van der Waals surface area contributed by atoms with E-state index < -0.39 is 126 Å². The second-order valence-corrected chi connectivity index (χ2v) is 26.2. The molecule has 8 aliphatic carbocycles. The molecule has 16 nitrogen and oxygen atoms in total. The van der Waals surface area contributed by atoms with Crippen LogP contribution >= 0.6 is 0 Å². The molecule has 0 saturated heterocycles. The van der Waals surface area contributed by atoms with Crippen molar-refractivity contribution < 1.29 is 66.2 Å². The van der Waals surface area contributed by atoms with E-state index in [-0.39, 0.29) is 71.0 Å². The molecule has 18 heteroatoms. The van der Waals surface area contributed by atoms with Crippen molar-refractivity contribution in [3.63, 3.8) is 0 Å². The third-order valence-corrected chi connectivity index (χ3v) is 21.3. The lowest BCUT2D eigenvalue weighted by atomic mass is 9.50. The Morgan fingerprint density at radius 2 is 0.868 bits per heavy atom. The van der Waals surface area contributed by atoms with Gasteiger partial charge in [0.25, 0.3) is 20.2 Å². The first-order valence-corrected chi connectivity index (χ1v) is 28.4. The smallest absolute Gasteiger partial charge is 0.268 e. The highest BCUT2D eigenvalue weighted by molar-refractivity contribution is 7.86. The van der Waals surface area contributed by atoms with Gasteiger partial charge >= 0.3 is 0 Å². The minimum Gasteiger partial charge on any atom is -0.504 e. The summed E-state index contributed by atoms with van der Waals surface area (Å²) in [6.07, 6.45) is 4.06. The van der Waals surface area contributed by atoms with Crippen LogP contribution in [-0.2, 0) is 29.8 Å². The molecule has 0 aliphatic heterocycles. The van der Waals surface area contributed by atoms with Crippen molar-refractivity contribution in [2.75, 3.05) is 0 Å². The van der Waals surface area contributed by atoms with Crippen molar-refractivity contribution in [3.8, 4) is 0 Å². The van der Waals surface area contributed by atoms with Gasteiger partial charge in [0.1, 0.15) is 0 Å². The van der Waals surface area contributed by atoms with Crippen LogP contribution in [0.15, 0.2) is 46.2 Å². The number of hydrogen-bond acceptors (Lipinski definition) is 14. The van der Waals surface area contributed by atoms with Crippen LogP contribution in [-0.4, -0.2) is 115 Å². The Kier molecular flexibility index (Phi) is 14.6. The van der Waals surface area contributed by atoms with Gasteiger partial charge in [-0.2, -0.15) is 16.8 Å². The number of allylic oxidation sites excluding steroid dienone is 4. The number of hydrogen-bond donors (Lipinski definition) is 10. The first kappa shape index (κ1) is 51.5. The van der Waals surface area contributed by atoms with Crippen molar-refractivity contribution >= 4 is 31.8 Å². The minimum atomic E-state index is -4.45. The summed E-state index contributed by atoms with van der Waals surface area (Å²) in [4.78, 5) is 28.9. The van der Waals surface area contributed by atoms with Crippen LogP contribution in [0, 0.1) is 82.9 Å². The highest BCUT2D eigenvalue weighted by Gasteiger charge is 2.59. The van der Waals surface area contributed by atoms with Gasteiger partial charge in [0, 0.05) is 35.4 Å². The summed E-state index contributed by atoms with van der Waals surface area (Å²) in [5, 5.41) is 76.3. The summed E-state index contributed by atoms with van der Waals surface area (Å²) in [5.41, 5.74) is 1.29. The number of fused-ring (bicyclic) bond motifs is 4. The molecule has 0 heterocycles. The van der Waals surface area contributed by atoms with Crippen molar-refractivity contribution in [2.24, 2.45) is 82.9 Å². The van der Waals surface area contributed by atoms with E-state index in [1.165, 1.54) is 12.4 Å². The Bertz CT molecular complexity index is 2170. The van der Waals surface area contributed by atoms with Gasteiger partial charge in [0.15, 0.2) is 11.5 Å². The van der Waals surface area contributed by atoms with E-state index >= 15 is 0 Å². The van der Waals surface area contributed by atoms with Gasteiger partial charge in [0.05, 0.1) is 47.0 Å². The number of aliphatic hydroxyl groups excluding tert-OH is 6. The monoisotopic (exact) mass is 992 g/mol. The maximum Gasteiger partial charge on any atom is 0.268 e. The maximum absolute atomic E-state index is 14.4. The molecule has 6 saturated carbocycles. The van der Waals surface area contributed by atoms with E-state index in [0.29, 0.717) is 49.7 Å². The molecule has 20 unspecified atom stereocenters. The summed E-state index contributed by atoms with van der Waals surface area (Å²) in [6.45, 7) is 11.5. The standard InChI is InChI=1S/C50H76N2O14S2/c1-21(2)37-29-15-23(5)39(47(57)41(29)31(45(55)49(37)59)19-51-43-27-13-9-7-11-25(27)35(17-33(43)53)67(61,62)63)40-24(6)16-30-38(22(3)4)50(60)46(56)32(42(30)48(40)58)20-52-44-28-14-10-8-12-26(28)36(18-34(44)54)68(64,65)66/h19-30,33-36,39-44,47-48,51-54,57-60H,7-18H2,1-6H3,(H,61,62,63)(H,64,65,66)/b31-19-,32-20+. The molecule has 20 atom stereocenters. The van der Waals surface area contributed by atoms with E-state index in [2.05, 4.69) is 10.6 Å². The minimum absolute atomic E-state index is 0.115. The lowest BCUT2D eigenvalue weighted by Gasteiger charge is -2.56. The number of aliphatic hydroxyl groups is 6. The zero-order chi connectivity index (χ0) is 49.6. The van der Waals surface area contributed by atoms with Crippen LogP contribution in [0.5, 0.6) is 0 Å². The van der Waals surface area contributed by atoms with Gasteiger partial charge in [-0.3, -0.25) is 18.7 Å². The third kappa shape index (κ3) is 8.95. The fourth-order valence-electron chi connectivity index (χ4n) is 16.0. The van der Waals surface area contributed by atoms with Crippen LogP contribution in [0.2, 0.25) is 0 Å². The summed E-state index contributed by atoms with van der Waals surface area (Å²) in [5.74, 6) is -8.56. The second kappa shape index (κ2) is 19.3. The highest BCUT2D eigenvalue weighted by Crippen LogP contribution is 2.58. The molecule has 6 fully saturated rings. The summed E-state index contributed by atoms with van der Waals surface area (Å²) < 4.78 is 70.2. The van der Waals surface area contributed by atoms with E-state index in [9.17, 15) is 66.2 Å². The molecule has 10 N–H and O–H groups in total. The second-order valence-electron chi connectivity index (χ2n) is 22.9. The Labute approximate surface area is 401 Å². The van der Waals surface area contributed by atoms with Crippen LogP contribution in [0.3, 0.4) is 0 Å². The largest absolute Gasteiger partial charge is 0.504 e. The zero-order valence-corrected chi connectivity index (χ0v) is 41.8. The van der Waals surface area contributed by atoms with Gasteiger partial charge in [0.2, 0.25) is 11.6 Å². The molecule has 0 aromatic rings. The fourth-order valence-corrected chi connectivity index (χ4v) is 18.5. The number of Topliss-reactive ketones (excluding diaryl/α,β-unsaturated/α-hetero) is 2. The van der Waals surface area contributed by atoms with E-state index in [0.717, 1.165) is 25.7 Å². The zero-order valence-electron chi connectivity index (χ0n) is 40.2. The maximum atomic E-state index is 14.4. The predicted molar refractivity (Wildman–Crippen MR) is 252 cm³/mol. The molecule has 8 aliphatic rings. The Morgan fingerprint density at radius 3 is 1.18 bits per heavy atom. The average Bonchev–Trinajstić information content (AvgIpc) is 3.25. The van der Waals surface area contributed by atoms with Crippen molar-refractivity contribution in [2.45, 2.75) is 166 Å². The van der Waals surface area contributed by atoms with Crippen LogP contribution in [0.1, 0.15) is 119 Å². The first-order chi connectivity index (χ1) is 31.9. The number of carbonyl (C=O) groups is 2. The lowest BCUT2D eigenvalue weighted by molar-refractivity contribution is -0.135. The molecule has 0 amide bonds. The summed E-state index contributed by atoms with van der Waals surface area (Å²) >= 11 is 0. The average molecular weight is 993 g/mol. The molecule has 0 spiro atoms. The van der Waals surface area contributed by atoms with Crippen molar-refractivity contribution in [1.29, 1.82) is 0 Å². The molecule has 0 aromatic heterocycles. The van der Waals surface area contributed by atoms with Gasteiger partial charge in [-0.15, -0.1) is 0 Å². The van der Waals surface area contributed by atoms with Crippen molar-refractivity contribution in [3.05, 3.63) is 46.2 Å². The SMILES string of the molecule is CC(C)C1=C(O)C(=O)/C(=C\NC2C(O)CC(S(=O)(=O)O)C3CCCCC32)C2C1CC(C)C(C1C(C)CC3C(C(C)C)=C(O)C(=O)/C(=C/NC4C(O)CC(S(=O)(=O)O)C5CCCCC54)C3C1O)C2O. The van der Waals surface area contributed by atoms with Gasteiger partial charge in [-0.1, -0.05) is 67.2 Å². The normalized spacial score (nSPS) is 45.0. The molecular formula is C50H76N2O14S2. The van der Waals surface area contributed by atoms with Crippen LogP contribution in [0.4, 0.5) is 0 Å². The van der Waals surface area contributed by atoms with Gasteiger partial charge < -0.3 is 41.3 Å². The summed E-state index contributed by atoms with van der Waals surface area (Å²) in [7, 11) is -8.89. The van der Waals surface area contributed by atoms with Gasteiger partial charge in [-0.05, 0) is 134 Å². The molecular weight excluding hydrogens is 917 g/mol. The molecule has 382 valence electrons. The highest BCUT2D eigenvalue weighted by atomic mass is 32.2.